The summed E-state index contributed by atoms with van der Waals surface area (Å²) in [6.07, 6.45) is 0. The molecule has 0 fully saturated rings. The fourth-order valence-electron chi connectivity index (χ4n) is 8.42. The second kappa shape index (κ2) is 11.3. The van der Waals surface area contributed by atoms with Crippen LogP contribution in [-0.2, 0) is 0 Å². The molecule has 1 aliphatic carbocycles. The summed E-state index contributed by atoms with van der Waals surface area (Å²) >= 11 is 0. The second-order valence-electron chi connectivity index (χ2n) is 13.6. The van der Waals surface area contributed by atoms with Crippen molar-refractivity contribution in [2.45, 2.75) is 5.92 Å². The number of anilines is 3. The number of furan rings is 2. The van der Waals surface area contributed by atoms with Crippen LogP contribution in [0.2, 0.25) is 0 Å². The van der Waals surface area contributed by atoms with Crippen molar-refractivity contribution in [3.63, 3.8) is 0 Å². The van der Waals surface area contributed by atoms with Crippen LogP contribution in [0.15, 0.2) is 191 Å². The lowest BCUT2D eigenvalue weighted by Crippen LogP contribution is -2.10. The summed E-state index contributed by atoms with van der Waals surface area (Å²) < 4.78 is 13.2. The van der Waals surface area contributed by atoms with Gasteiger partial charge in [-0.05, 0) is 81.4 Å². The van der Waals surface area contributed by atoms with Gasteiger partial charge in [-0.15, -0.1) is 0 Å². The molecule has 8 aromatic carbocycles. The number of para-hydroxylation sites is 4. The van der Waals surface area contributed by atoms with Crippen molar-refractivity contribution in [2.24, 2.45) is 0 Å². The van der Waals surface area contributed by atoms with Gasteiger partial charge in [0, 0.05) is 33.2 Å². The maximum atomic E-state index is 6.62. The molecule has 2 heterocycles. The second-order valence-corrected chi connectivity index (χ2v) is 13.6. The van der Waals surface area contributed by atoms with Crippen molar-refractivity contribution in [1.82, 2.24) is 0 Å². The van der Waals surface area contributed by atoms with Gasteiger partial charge in [-0.3, -0.25) is 0 Å². The fraction of sp³-hybridized carbons (Fsp3) is 0.0204. The summed E-state index contributed by atoms with van der Waals surface area (Å²) in [5.41, 5.74) is 15.4. The Balaban J connectivity index is 1.07. The number of fused-ring (bicyclic) bond motifs is 9. The molecule has 3 heteroatoms. The Kier molecular flexibility index (Phi) is 6.31. The molecule has 0 radical (unpaired) electrons. The average Bonchev–Trinajstić information content (AvgIpc) is 3.89. The molecule has 0 amide bonds. The molecule has 52 heavy (non-hydrogen) atoms. The third-order valence-electron chi connectivity index (χ3n) is 10.8. The van der Waals surface area contributed by atoms with Crippen LogP contribution in [0.25, 0.3) is 66.1 Å². The molecular formula is C49H31NO2. The van der Waals surface area contributed by atoms with Crippen molar-refractivity contribution in [2.75, 3.05) is 4.90 Å². The highest BCUT2D eigenvalue weighted by molar-refractivity contribution is 6.13. The zero-order chi connectivity index (χ0) is 34.2. The molecule has 0 bridgehead atoms. The zero-order valence-electron chi connectivity index (χ0n) is 28.2. The van der Waals surface area contributed by atoms with Gasteiger partial charge in [-0.25, -0.2) is 0 Å². The van der Waals surface area contributed by atoms with Crippen LogP contribution < -0.4 is 4.90 Å². The molecule has 0 saturated heterocycles. The van der Waals surface area contributed by atoms with E-state index in [0.717, 1.165) is 66.5 Å². The first kappa shape index (κ1) is 28.9. The molecule has 0 aliphatic heterocycles. The van der Waals surface area contributed by atoms with E-state index < -0.39 is 0 Å². The molecule has 0 N–H and O–H groups in total. The van der Waals surface area contributed by atoms with E-state index in [1.54, 1.807) is 0 Å². The minimum absolute atomic E-state index is 0.204. The van der Waals surface area contributed by atoms with Gasteiger partial charge in [-0.2, -0.15) is 0 Å². The standard InChI is InChI=1S/C49H31NO2/c1-2-12-32(13-3-1)47-39-17-5-4-14-35(39)36-29-26-33(30-42(36)47)31-24-27-34(28-25-31)50(43-20-10-18-40-37-15-6-8-22-45(37)51-48(40)43)44-21-11-19-41-38-16-7-9-23-46(38)52-49(41)44/h1-30,47H. The van der Waals surface area contributed by atoms with E-state index in [9.17, 15) is 0 Å². The highest BCUT2D eigenvalue weighted by Gasteiger charge is 2.30. The first-order valence-corrected chi connectivity index (χ1v) is 17.8. The summed E-state index contributed by atoms with van der Waals surface area (Å²) in [6.45, 7) is 0. The molecule has 1 unspecified atom stereocenters. The molecule has 11 rings (SSSR count). The van der Waals surface area contributed by atoms with Crippen molar-refractivity contribution < 1.29 is 8.83 Å². The van der Waals surface area contributed by atoms with Crippen LogP contribution in [0.1, 0.15) is 22.6 Å². The van der Waals surface area contributed by atoms with E-state index in [4.69, 9.17) is 8.83 Å². The topological polar surface area (TPSA) is 29.5 Å². The largest absolute Gasteiger partial charge is 0.454 e. The third kappa shape index (κ3) is 4.33. The maximum Gasteiger partial charge on any atom is 0.159 e. The molecule has 0 spiro atoms. The van der Waals surface area contributed by atoms with Crippen molar-refractivity contribution >= 4 is 60.9 Å². The number of nitrogens with zero attached hydrogens (tertiary/aromatic N) is 1. The van der Waals surface area contributed by atoms with Crippen LogP contribution in [0, 0.1) is 0 Å². The van der Waals surface area contributed by atoms with Gasteiger partial charge in [0.25, 0.3) is 0 Å². The first-order chi connectivity index (χ1) is 25.8. The number of hydrogen-bond acceptors (Lipinski definition) is 3. The van der Waals surface area contributed by atoms with E-state index >= 15 is 0 Å². The smallest absolute Gasteiger partial charge is 0.159 e. The van der Waals surface area contributed by atoms with Gasteiger partial charge in [0.05, 0.1) is 11.4 Å². The van der Waals surface area contributed by atoms with E-state index in [1.165, 1.54) is 33.4 Å². The van der Waals surface area contributed by atoms with Crippen LogP contribution in [0.3, 0.4) is 0 Å². The number of hydrogen-bond donors (Lipinski definition) is 0. The molecule has 0 saturated carbocycles. The first-order valence-electron chi connectivity index (χ1n) is 17.8. The van der Waals surface area contributed by atoms with Crippen LogP contribution in [0.4, 0.5) is 17.1 Å². The highest BCUT2D eigenvalue weighted by Crippen LogP contribution is 2.50. The average molecular weight is 666 g/mol. The lowest BCUT2D eigenvalue weighted by atomic mass is 9.88. The lowest BCUT2D eigenvalue weighted by molar-refractivity contribution is 0.666. The number of rotatable bonds is 5. The Morgan fingerprint density at radius 2 is 0.923 bits per heavy atom. The van der Waals surface area contributed by atoms with Crippen molar-refractivity contribution in [3.8, 4) is 22.3 Å². The minimum atomic E-state index is 0.204. The summed E-state index contributed by atoms with van der Waals surface area (Å²) in [7, 11) is 0. The predicted molar refractivity (Wildman–Crippen MR) is 214 cm³/mol. The third-order valence-corrected chi connectivity index (χ3v) is 10.8. The van der Waals surface area contributed by atoms with Crippen molar-refractivity contribution in [1.29, 1.82) is 0 Å². The minimum Gasteiger partial charge on any atom is -0.454 e. The molecular weight excluding hydrogens is 635 g/mol. The Bertz CT molecular complexity index is 2860. The van der Waals surface area contributed by atoms with Crippen LogP contribution >= 0.6 is 0 Å². The quantitative estimate of drug-likeness (QED) is 0.183. The van der Waals surface area contributed by atoms with Gasteiger partial charge < -0.3 is 13.7 Å². The Hall–Kier alpha value is -6.84. The monoisotopic (exact) mass is 665 g/mol. The molecule has 2 aromatic heterocycles. The summed E-state index contributed by atoms with van der Waals surface area (Å²) in [5, 5.41) is 4.37. The Morgan fingerprint density at radius 3 is 1.60 bits per heavy atom. The van der Waals surface area contributed by atoms with Gasteiger partial charge in [0.2, 0.25) is 0 Å². The summed E-state index contributed by atoms with van der Waals surface area (Å²) in [4.78, 5) is 2.28. The Morgan fingerprint density at radius 1 is 0.385 bits per heavy atom. The van der Waals surface area contributed by atoms with Gasteiger partial charge >= 0.3 is 0 Å². The van der Waals surface area contributed by atoms with Gasteiger partial charge in [0.1, 0.15) is 11.2 Å². The van der Waals surface area contributed by atoms with Crippen LogP contribution in [-0.4, -0.2) is 0 Å². The van der Waals surface area contributed by atoms with E-state index in [-0.39, 0.29) is 5.92 Å². The molecule has 244 valence electrons. The van der Waals surface area contributed by atoms with E-state index in [0.29, 0.717) is 0 Å². The highest BCUT2D eigenvalue weighted by atomic mass is 16.3. The normalized spacial score (nSPS) is 13.6. The lowest BCUT2D eigenvalue weighted by Gasteiger charge is -2.26. The molecule has 10 aromatic rings. The molecule has 1 aliphatic rings. The maximum absolute atomic E-state index is 6.62. The van der Waals surface area contributed by atoms with Gasteiger partial charge in [0.15, 0.2) is 11.2 Å². The summed E-state index contributed by atoms with van der Waals surface area (Å²) in [6, 6.07) is 64.9. The predicted octanol–water partition coefficient (Wildman–Crippen LogP) is 13.8. The molecule has 1 atom stereocenters. The van der Waals surface area contributed by atoms with Gasteiger partial charge in [-0.1, -0.05) is 140 Å². The SMILES string of the molecule is c1ccc(C2c3ccccc3-c3ccc(-c4ccc(N(c5cccc6c5oc5ccccc56)c5cccc6c5oc5ccccc56)cc4)cc32)cc1. The van der Waals surface area contributed by atoms with E-state index in [2.05, 4.69) is 163 Å². The summed E-state index contributed by atoms with van der Waals surface area (Å²) in [5.74, 6) is 0.204. The fourth-order valence-corrected chi connectivity index (χ4v) is 8.42. The zero-order valence-corrected chi connectivity index (χ0v) is 28.2. The molecule has 3 nitrogen and oxygen atoms in total. The number of benzene rings is 8. The van der Waals surface area contributed by atoms with Crippen LogP contribution in [0.5, 0.6) is 0 Å². The van der Waals surface area contributed by atoms with Crippen molar-refractivity contribution in [3.05, 3.63) is 199 Å². The Labute approximate surface area is 300 Å². The van der Waals surface area contributed by atoms with E-state index in [1.807, 2.05) is 24.3 Å².